The largest absolute Gasteiger partial charge is 0.490 e. The third-order valence-corrected chi connectivity index (χ3v) is 2.46. The van der Waals surface area contributed by atoms with Crippen molar-refractivity contribution in [2.24, 2.45) is 10.7 Å². The van der Waals surface area contributed by atoms with Gasteiger partial charge in [-0.25, -0.2) is 4.99 Å². The maximum Gasteiger partial charge on any atom is 0.142 e. The second kappa shape index (κ2) is 4.70. The van der Waals surface area contributed by atoms with E-state index < -0.39 is 0 Å². The summed E-state index contributed by atoms with van der Waals surface area (Å²) in [4.78, 5) is 6.16. The molecule has 0 atom stereocenters. The fraction of sp³-hybridized carbons (Fsp3) is 0.250. The highest BCUT2D eigenvalue weighted by molar-refractivity contribution is 5.61. The zero-order valence-corrected chi connectivity index (χ0v) is 9.10. The van der Waals surface area contributed by atoms with Crippen LogP contribution in [0.25, 0.3) is 0 Å². The molecular formula is C12H15N3O. The minimum absolute atomic E-state index is 0.675. The van der Waals surface area contributed by atoms with E-state index in [4.69, 9.17) is 10.5 Å². The zero-order chi connectivity index (χ0) is 11.4. The number of benzene rings is 1. The molecule has 1 heterocycles. The molecule has 1 aliphatic heterocycles. The second-order valence-corrected chi connectivity index (χ2v) is 3.58. The molecule has 0 bridgehead atoms. The first-order chi connectivity index (χ1) is 7.81. The molecule has 4 nitrogen and oxygen atoms in total. The monoisotopic (exact) mass is 217 g/mol. The third kappa shape index (κ3) is 2.16. The van der Waals surface area contributed by atoms with E-state index in [2.05, 4.69) is 16.5 Å². The van der Waals surface area contributed by atoms with E-state index >= 15 is 0 Å². The van der Waals surface area contributed by atoms with Crippen LogP contribution in [0.3, 0.4) is 0 Å². The summed E-state index contributed by atoms with van der Waals surface area (Å²) in [6.45, 7) is 6.06. The van der Waals surface area contributed by atoms with Crippen LogP contribution in [-0.4, -0.2) is 26.0 Å². The summed E-state index contributed by atoms with van der Waals surface area (Å²) in [6.07, 6.45) is 1.27. The van der Waals surface area contributed by atoms with Crippen molar-refractivity contribution in [2.45, 2.75) is 0 Å². The lowest BCUT2D eigenvalue weighted by Gasteiger charge is -2.30. The number of nitrogens with zero attached hydrogens (tertiary/aromatic N) is 2. The van der Waals surface area contributed by atoms with Crippen molar-refractivity contribution in [1.29, 1.82) is 0 Å². The van der Waals surface area contributed by atoms with Crippen LogP contribution >= 0.6 is 0 Å². The lowest BCUT2D eigenvalue weighted by atomic mass is 10.2. The van der Waals surface area contributed by atoms with Gasteiger partial charge >= 0.3 is 0 Å². The molecule has 1 aromatic rings. The van der Waals surface area contributed by atoms with Crippen molar-refractivity contribution in [3.63, 3.8) is 0 Å². The fourth-order valence-corrected chi connectivity index (χ4v) is 1.76. The van der Waals surface area contributed by atoms with Crippen LogP contribution in [0, 0.1) is 0 Å². The maximum atomic E-state index is 5.56. The highest BCUT2D eigenvalue weighted by Crippen LogP contribution is 2.31. The third-order valence-electron chi connectivity index (χ3n) is 2.46. The van der Waals surface area contributed by atoms with E-state index in [0.29, 0.717) is 13.2 Å². The van der Waals surface area contributed by atoms with E-state index in [1.165, 1.54) is 6.34 Å². The SMILES string of the molecule is C=C(CN1CCOc2ccccc21)N=CN. The molecule has 1 aromatic carbocycles. The van der Waals surface area contributed by atoms with Gasteiger partial charge in [0, 0.05) is 0 Å². The van der Waals surface area contributed by atoms with Crippen molar-refractivity contribution in [3.05, 3.63) is 36.5 Å². The molecule has 0 saturated carbocycles. The summed E-state index contributed by atoms with van der Waals surface area (Å²) in [6, 6.07) is 7.97. The number of ether oxygens (including phenoxy) is 1. The van der Waals surface area contributed by atoms with Gasteiger partial charge in [0.15, 0.2) is 0 Å². The second-order valence-electron chi connectivity index (χ2n) is 3.58. The van der Waals surface area contributed by atoms with Crippen LogP contribution in [0.1, 0.15) is 0 Å². The van der Waals surface area contributed by atoms with Crippen LogP contribution < -0.4 is 15.4 Å². The molecule has 0 aromatic heterocycles. The summed E-state index contributed by atoms with van der Waals surface area (Å²) < 4.78 is 5.56. The van der Waals surface area contributed by atoms with Crippen LogP contribution in [0.5, 0.6) is 5.75 Å². The molecular weight excluding hydrogens is 202 g/mol. The Kier molecular flexibility index (Phi) is 3.10. The molecule has 0 amide bonds. The average molecular weight is 217 g/mol. The summed E-state index contributed by atoms with van der Waals surface area (Å²) >= 11 is 0. The van der Waals surface area contributed by atoms with E-state index in [-0.39, 0.29) is 0 Å². The minimum atomic E-state index is 0.675. The first kappa shape index (κ1) is 10.5. The molecule has 4 heteroatoms. The molecule has 2 N–H and O–H groups in total. The smallest absolute Gasteiger partial charge is 0.142 e. The van der Waals surface area contributed by atoms with E-state index in [0.717, 1.165) is 23.7 Å². The van der Waals surface area contributed by atoms with Gasteiger partial charge in [0.2, 0.25) is 0 Å². The number of hydrogen-bond acceptors (Lipinski definition) is 3. The number of anilines is 1. The zero-order valence-electron chi connectivity index (χ0n) is 9.10. The normalized spacial score (nSPS) is 14.6. The van der Waals surface area contributed by atoms with Gasteiger partial charge < -0.3 is 15.4 Å². The van der Waals surface area contributed by atoms with E-state index in [1.807, 2.05) is 24.3 Å². The van der Waals surface area contributed by atoms with Crippen molar-refractivity contribution >= 4 is 12.0 Å². The van der Waals surface area contributed by atoms with Gasteiger partial charge in [0.25, 0.3) is 0 Å². The van der Waals surface area contributed by atoms with Crippen LogP contribution in [0.2, 0.25) is 0 Å². The highest BCUT2D eigenvalue weighted by Gasteiger charge is 2.17. The Morgan fingerprint density at radius 3 is 3.19 bits per heavy atom. The lowest BCUT2D eigenvalue weighted by Crippen LogP contribution is -2.33. The lowest BCUT2D eigenvalue weighted by molar-refractivity contribution is 0.309. The van der Waals surface area contributed by atoms with Gasteiger partial charge in [-0.15, -0.1) is 0 Å². The van der Waals surface area contributed by atoms with Crippen molar-refractivity contribution < 1.29 is 4.74 Å². The Hall–Kier alpha value is -1.97. The first-order valence-electron chi connectivity index (χ1n) is 5.20. The van der Waals surface area contributed by atoms with Crippen LogP contribution in [-0.2, 0) is 0 Å². The molecule has 16 heavy (non-hydrogen) atoms. The number of para-hydroxylation sites is 2. The molecule has 84 valence electrons. The predicted molar refractivity (Wildman–Crippen MR) is 66.0 cm³/mol. The molecule has 0 radical (unpaired) electrons. The Morgan fingerprint density at radius 2 is 2.38 bits per heavy atom. The Bertz CT molecular complexity index is 414. The average Bonchev–Trinajstić information content (AvgIpc) is 2.30. The quantitative estimate of drug-likeness (QED) is 0.615. The Morgan fingerprint density at radius 1 is 1.56 bits per heavy atom. The standard InChI is InChI=1S/C12H15N3O/c1-10(14-9-13)8-15-6-7-16-12-5-3-2-4-11(12)15/h2-5,9H,1,6-8H2,(H2,13,14). The summed E-state index contributed by atoms with van der Waals surface area (Å²) in [5.74, 6) is 0.915. The molecule has 0 saturated heterocycles. The summed E-state index contributed by atoms with van der Waals surface area (Å²) in [7, 11) is 0. The Labute approximate surface area is 95.0 Å². The molecule has 2 rings (SSSR count). The van der Waals surface area contributed by atoms with Crippen molar-refractivity contribution in [2.75, 3.05) is 24.6 Å². The fourth-order valence-electron chi connectivity index (χ4n) is 1.76. The molecule has 0 fully saturated rings. The van der Waals surface area contributed by atoms with Gasteiger partial charge in [-0.1, -0.05) is 18.7 Å². The molecule has 0 spiro atoms. The van der Waals surface area contributed by atoms with Gasteiger partial charge in [-0.2, -0.15) is 0 Å². The van der Waals surface area contributed by atoms with Crippen LogP contribution in [0.4, 0.5) is 5.69 Å². The van der Waals surface area contributed by atoms with E-state index in [1.54, 1.807) is 0 Å². The number of hydrogen-bond donors (Lipinski definition) is 1. The Balaban J connectivity index is 2.16. The summed E-state index contributed by atoms with van der Waals surface area (Å²) in [5.41, 5.74) is 7.07. The molecule has 0 unspecified atom stereocenters. The van der Waals surface area contributed by atoms with Gasteiger partial charge in [-0.05, 0) is 12.1 Å². The number of fused-ring (bicyclic) bond motifs is 1. The van der Waals surface area contributed by atoms with E-state index in [9.17, 15) is 0 Å². The maximum absolute atomic E-state index is 5.56. The van der Waals surface area contributed by atoms with Crippen LogP contribution in [0.15, 0.2) is 41.5 Å². The predicted octanol–water partition coefficient (Wildman–Crippen LogP) is 1.39. The molecule has 0 aliphatic carbocycles. The van der Waals surface area contributed by atoms with Gasteiger partial charge in [-0.3, -0.25) is 0 Å². The number of rotatable bonds is 3. The van der Waals surface area contributed by atoms with Crippen molar-refractivity contribution in [1.82, 2.24) is 0 Å². The minimum Gasteiger partial charge on any atom is -0.490 e. The first-order valence-corrected chi connectivity index (χ1v) is 5.20. The topological polar surface area (TPSA) is 50.8 Å². The highest BCUT2D eigenvalue weighted by atomic mass is 16.5. The van der Waals surface area contributed by atoms with Gasteiger partial charge in [0.05, 0.1) is 30.8 Å². The number of aliphatic imine (C=N–C) groups is 1. The number of nitrogens with two attached hydrogens (primary N) is 1. The molecule has 1 aliphatic rings. The van der Waals surface area contributed by atoms with Gasteiger partial charge in [0.1, 0.15) is 12.4 Å². The summed E-state index contributed by atoms with van der Waals surface area (Å²) in [5, 5.41) is 0. The van der Waals surface area contributed by atoms with Crippen molar-refractivity contribution in [3.8, 4) is 5.75 Å².